The molecule has 0 bridgehead atoms. The lowest BCUT2D eigenvalue weighted by Crippen LogP contribution is -2.42. The molecule has 0 aromatic carbocycles. The van der Waals surface area contributed by atoms with Crippen molar-refractivity contribution < 1.29 is 17.6 Å². The molecule has 0 saturated carbocycles. The lowest BCUT2D eigenvalue weighted by atomic mass is 10.2. The van der Waals surface area contributed by atoms with Crippen molar-refractivity contribution in [2.24, 2.45) is 0 Å². The largest absolute Gasteiger partial charge is 0.422 e. The van der Waals surface area contributed by atoms with Crippen LogP contribution in [0.3, 0.4) is 0 Å². The van der Waals surface area contributed by atoms with Gasteiger partial charge in [-0.2, -0.15) is 4.31 Å². The molecule has 0 unspecified atom stereocenters. The Labute approximate surface area is 139 Å². The average Bonchev–Trinajstić information content (AvgIpc) is 3.16. The summed E-state index contributed by atoms with van der Waals surface area (Å²) < 4.78 is 38.4. The number of sulfonamides is 1. The van der Waals surface area contributed by atoms with Crippen molar-refractivity contribution in [2.75, 3.05) is 19.7 Å². The van der Waals surface area contributed by atoms with Gasteiger partial charge in [-0.15, -0.1) is 21.5 Å². The molecule has 1 aliphatic rings. The van der Waals surface area contributed by atoms with Gasteiger partial charge in [-0.25, -0.2) is 8.42 Å². The first-order chi connectivity index (χ1) is 10.9. The summed E-state index contributed by atoms with van der Waals surface area (Å²) in [7, 11) is -3.51. The van der Waals surface area contributed by atoms with Gasteiger partial charge in [-0.05, 0) is 19.1 Å². The first kappa shape index (κ1) is 16.6. The fourth-order valence-corrected chi connectivity index (χ4v) is 5.14. The fraction of sp³-hybridized carbons (Fsp3) is 0.571. The van der Waals surface area contributed by atoms with E-state index in [2.05, 4.69) is 10.2 Å². The summed E-state index contributed by atoms with van der Waals surface area (Å²) in [6.45, 7) is 6.59. The van der Waals surface area contributed by atoms with E-state index in [9.17, 15) is 8.42 Å². The molecule has 23 heavy (non-hydrogen) atoms. The lowest BCUT2D eigenvalue weighted by Gasteiger charge is -2.29. The summed E-state index contributed by atoms with van der Waals surface area (Å²) in [5.74, 6) is 0.974. The molecule has 1 aliphatic heterocycles. The predicted molar refractivity (Wildman–Crippen MR) is 84.9 cm³/mol. The quantitative estimate of drug-likeness (QED) is 0.835. The van der Waals surface area contributed by atoms with Crippen molar-refractivity contribution in [1.29, 1.82) is 0 Å². The second kappa shape index (κ2) is 6.31. The molecule has 1 fully saturated rings. The SMILES string of the molecule is Cc1ccc(S(=O)(=O)N2CCO[C@H](c3nnc(C(C)C)o3)C2)s1. The molecule has 3 heterocycles. The van der Waals surface area contributed by atoms with Gasteiger partial charge in [0.15, 0.2) is 0 Å². The van der Waals surface area contributed by atoms with Gasteiger partial charge in [0.25, 0.3) is 10.0 Å². The molecule has 2 aromatic rings. The molecule has 7 nitrogen and oxygen atoms in total. The third-order valence-corrected chi connectivity index (χ3v) is 6.90. The zero-order valence-electron chi connectivity index (χ0n) is 13.2. The third kappa shape index (κ3) is 3.32. The fourth-order valence-electron chi connectivity index (χ4n) is 2.28. The highest BCUT2D eigenvalue weighted by atomic mass is 32.2. The van der Waals surface area contributed by atoms with E-state index < -0.39 is 16.1 Å². The highest BCUT2D eigenvalue weighted by molar-refractivity contribution is 7.91. The second-order valence-corrected chi connectivity index (χ2v) is 9.17. The topological polar surface area (TPSA) is 85.5 Å². The number of hydrogen-bond acceptors (Lipinski definition) is 7. The standard InChI is InChI=1S/C14H19N3O4S2/c1-9(2)13-15-16-14(21-13)11-8-17(6-7-20-11)23(18,19)12-5-4-10(3)22-12/h4-5,9,11H,6-8H2,1-3H3/t11-/m0/s1. The summed E-state index contributed by atoms with van der Waals surface area (Å²) in [5.41, 5.74) is 0. The van der Waals surface area contributed by atoms with Crippen LogP contribution < -0.4 is 0 Å². The van der Waals surface area contributed by atoms with Gasteiger partial charge in [0, 0.05) is 23.9 Å². The second-order valence-electron chi connectivity index (χ2n) is 5.72. The van der Waals surface area contributed by atoms with Crippen molar-refractivity contribution in [3.8, 4) is 0 Å². The van der Waals surface area contributed by atoms with Crippen molar-refractivity contribution in [1.82, 2.24) is 14.5 Å². The van der Waals surface area contributed by atoms with Gasteiger partial charge in [-0.1, -0.05) is 13.8 Å². The minimum Gasteiger partial charge on any atom is -0.422 e. The summed E-state index contributed by atoms with van der Waals surface area (Å²) >= 11 is 1.27. The third-order valence-electron chi connectivity index (χ3n) is 3.56. The van der Waals surface area contributed by atoms with Crippen LogP contribution in [0, 0.1) is 6.92 Å². The van der Waals surface area contributed by atoms with Gasteiger partial charge in [0.1, 0.15) is 10.3 Å². The Balaban J connectivity index is 1.80. The molecule has 1 saturated heterocycles. The zero-order valence-corrected chi connectivity index (χ0v) is 14.9. The molecule has 0 aliphatic carbocycles. The van der Waals surface area contributed by atoms with Crippen LogP contribution in [0.25, 0.3) is 0 Å². The summed E-state index contributed by atoms with van der Waals surface area (Å²) in [5, 5.41) is 7.97. The number of aryl methyl sites for hydroxylation is 1. The molecular formula is C14H19N3O4S2. The van der Waals surface area contributed by atoms with Gasteiger partial charge < -0.3 is 9.15 Å². The van der Waals surface area contributed by atoms with Crippen molar-refractivity contribution in [2.45, 2.75) is 37.0 Å². The molecule has 2 aromatic heterocycles. The monoisotopic (exact) mass is 357 g/mol. The Bertz CT molecular complexity index is 782. The van der Waals surface area contributed by atoms with E-state index in [-0.39, 0.29) is 12.5 Å². The Morgan fingerprint density at radius 2 is 2.13 bits per heavy atom. The van der Waals surface area contributed by atoms with E-state index >= 15 is 0 Å². The molecule has 126 valence electrons. The van der Waals surface area contributed by atoms with E-state index in [1.807, 2.05) is 26.8 Å². The number of ether oxygens (including phenoxy) is 1. The maximum Gasteiger partial charge on any atom is 0.252 e. The minimum absolute atomic E-state index is 0.119. The van der Waals surface area contributed by atoms with Crippen LogP contribution >= 0.6 is 11.3 Å². The first-order valence-electron chi connectivity index (χ1n) is 7.39. The predicted octanol–water partition coefficient (Wildman–Crippen LogP) is 2.33. The summed E-state index contributed by atoms with van der Waals surface area (Å²) in [6.07, 6.45) is -0.528. The molecular weight excluding hydrogens is 338 g/mol. The van der Waals surface area contributed by atoms with Crippen LogP contribution in [-0.2, 0) is 14.8 Å². The normalized spacial score (nSPS) is 20.3. The Morgan fingerprint density at radius 3 is 2.74 bits per heavy atom. The molecule has 1 atom stereocenters. The van der Waals surface area contributed by atoms with Gasteiger partial charge >= 0.3 is 0 Å². The maximum absolute atomic E-state index is 12.7. The zero-order chi connectivity index (χ0) is 16.6. The molecule has 3 rings (SSSR count). The number of rotatable bonds is 4. The van der Waals surface area contributed by atoms with E-state index in [4.69, 9.17) is 9.15 Å². The van der Waals surface area contributed by atoms with Gasteiger partial charge in [0.2, 0.25) is 11.8 Å². The van der Waals surface area contributed by atoms with Gasteiger partial charge in [-0.3, -0.25) is 0 Å². The Hall–Kier alpha value is -1.29. The van der Waals surface area contributed by atoms with Crippen LogP contribution in [0.1, 0.15) is 42.5 Å². The van der Waals surface area contributed by atoms with Crippen molar-refractivity contribution in [3.05, 3.63) is 28.8 Å². The molecule has 9 heteroatoms. The number of thiophene rings is 1. The Morgan fingerprint density at radius 1 is 1.35 bits per heavy atom. The maximum atomic E-state index is 12.7. The number of nitrogens with zero attached hydrogens (tertiary/aromatic N) is 3. The number of aromatic nitrogens is 2. The first-order valence-corrected chi connectivity index (χ1v) is 9.65. The van der Waals surface area contributed by atoms with E-state index in [0.717, 1.165) is 4.88 Å². The van der Waals surface area contributed by atoms with Gasteiger partial charge in [0.05, 0.1) is 6.61 Å². The highest BCUT2D eigenvalue weighted by Crippen LogP contribution is 2.29. The molecule has 0 N–H and O–H groups in total. The smallest absolute Gasteiger partial charge is 0.252 e. The van der Waals surface area contributed by atoms with Crippen molar-refractivity contribution >= 4 is 21.4 Å². The van der Waals surface area contributed by atoms with Crippen LogP contribution in [0.5, 0.6) is 0 Å². The molecule has 0 radical (unpaired) electrons. The van der Waals surface area contributed by atoms with Crippen LogP contribution in [-0.4, -0.2) is 42.6 Å². The van der Waals surface area contributed by atoms with Crippen LogP contribution in [0.4, 0.5) is 0 Å². The van der Waals surface area contributed by atoms with E-state index in [1.54, 1.807) is 6.07 Å². The average molecular weight is 357 g/mol. The number of hydrogen-bond donors (Lipinski definition) is 0. The van der Waals surface area contributed by atoms with Crippen LogP contribution in [0.2, 0.25) is 0 Å². The summed E-state index contributed by atoms with van der Waals surface area (Å²) in [4.78, 5) is 0.965. The summed E-state index contributed by atoms with van der Waals surface area (Å²) in [6, 6.07) is 3.45. The van der Waals surface area contributed by atoms with Crippen LogP contribution in [0.15, 0.2) is 20.8 Å². The molecule has 0 amide bonds. The Kier molecular flexibility index (Phi) is 4.54. The number of morpholine rings is 1. The van der Waals surface area contributed by atoms with E-state index in [0.29, 0.717) is 29.1 Å². The lowest BCUT2D eigenvalue weighted by molar-refractivity contribution is -0.0178. The van der Waals surface area contributed by atoms with Crippen molar-refractivity contribution in [3.63, 3.8) is 0 Å². The molecule has 0 spiro atoms. The minimum atomic E-state index is -3.51. The van der Waals surface area contributed by atoms with E-state index in [1.165, 1.54) is 15.6 Å². The highest BCUT2D eigenvalue weighted by Gasteiger charge is 2.34.